The predicted octanol–water partition coefficient (Wildman–Crippen LogP) is 3.18. The number of aromatic nitrogens is 1. The fourth-order valence-corrected chi connectivity index (χ4v) is 2.86. The first kappa shape index (κ1) is 13.5. The van der Waals surface area contributed by atoms with Gasteiger partial charge in [0, 0.05) is 25.4 Å². The Morgan fingerprint density at radius 3 is 2.83 bits per heavy atom. The summed E-state index contributed by atoms with van der Waals surface area (Å²) in [5.74, 6) is 0.900. The summed E-state index contributed by atoms with van der Waals surface area (Å²) in [6.07, 6.45) is 1.71. The van der Waals surface area contributed by atoms with Gasteiger partial charge >= 0.3 is 0 Å². The number of pyridine rings is 1. The second-order valence-corrected chi connectivity index (χ2v) is 6.61. The minimum absolute atomic E-state index is 0.374. The van der Waals surface area contributed by atoms with E-state index < -0.39 is 0 Å². The number of rotatable bonds is 4. The molecule has 0 aliphatic rings. The summed E-state index contributed by atoms with van der Waals surface area (Å²) < 4.78 is 1.14. The number of hydrogen-bond acceptors (Lipinski definition) is 4. The minimum atomic E-state index is 0.374. The van der Waals surface area contributed by atoms with E-state index in [2.05, 4.69) is 37.3 Å². The summed E-state index contributed by atoms with van der Waals surface area (Å²) in [5.41, 5.74) is 7.59. The van der Waals surface area contributed by atoms with Crippen LogP contribution in [0.1, 0.15) is 11.1 Å². The molecule has 0 unspecified atom stereocenters. The molecule has 2 aromatic heterocycles. The van der Waals surface area contributed by atoms with Crippen molar-refractivity contribution in [1.82, 2.24) is 4.98 Å². The molecule has 0 spiro atoms. The molecule has 2 rings (SSSR count). The van der Waals surface area contributed by atoms with Crippen molar-refractivity contribution in [2.24, 2.45) is 5.73 Å². The Labute approximate surface area is 124 Å². The maximum Gasteiger partial charge on any atom is 0.128 e. The van der Waals surface area contributed by atoms with Gasteiger partial charge in [0.05, 0.1) is 3.79 Å². The number of halogens is 1. The fraction of sp³-hybridized carbons (Fsp3) is 0.167. The van der Waals surface area contributed by atoms with E-state index in [-0.39, 0.29) is 0 Å². The monoisotopic (exact) mass is 341 g/mol. The van der Waals surface area contributed by atoms with Gasteiger partial charge in [-0.25, -0.2) is 4.98 Å². The van der Waals surface area contributed by atoms with Crippen LogP contribution in [0, 0.1) is 0 Å². The van der Waals surface area contributed by atoms with Gasteiger partial charge < -0.3 is 10.6 Å². The van der Waals surface area contributed by atoms with E-state index in [1.807, 2.05) is 19.2 Å². The molecule has 0 saturated heterocycles. The quantitative estimate of drug-likeness (QED) is 0.867. The van der Waals surface area contributed by atoms with Crippen molar-refractivity contribution in [2.45, 2.75) is 6.54 Å². The average Bonchev–Trinajstić information content (AvgIpc) is 2.75. The van der Waals surface area contributed by atoms with Gasteiger partial charge in [-0.15, -0.1) is 11.3 Å². The smallest absolute Gasteiger partial charge is 0.128 e. The summed E-state index contributed by atoms with van der Waals surface area (Å²) in [4.78, 5) is 6.81. The molecule has 94 valence electrons. The lowest BCUT2D eigenvalue weighted by Gasteiger charge is -2.17. The SMILES string of the molecule is CN(Cc1csc(Br)c1)c1ccc(C(N)=S)cn1. The van der Waals surface area contributed by atoms with Crippen molar-refractivity contribution in [2.75, 3.05) is 11.9 Å². The first-order valence-electron chi connectivity index (χ1n) is 5.26. The third-order valence-electron chi connectivity index (χ3n) is 2.46. The van der Waals surface area contributed by atoms with E-state index in [1.54, 1.807) is 17.5 Å². The van der Waals surface area contributed by atoms with Crippen LogP contribution in [0.5, 0.6) is 0 Å². The standard InChI is InChI=1S/C12H12BrN3S2/c1-16(6-8-4-10(13)18-7-8)11-3-2-9(5-15-11)12(14)17/h2-5,7H,6H2,1H3,(H2,14,17). The lowest BCUT2D eigenvalue weighted by Crippen LogP contribution is -2.18. The molecule has 0 aromatic carbocycles. The summed E-state index contributed by atoms with van der Waals surface area (Å²) in [6.45, 7) is 0.821. The first-order chi connectivity index (χ1) is 8.56. The molecule has 0 amide bonds. The van der Waals surface area contributed by atoms with Crippen LogP contribution in [0.15, 0.2) is 33.6 Å². The molecular weight excluding hydrogens is 330 g/mol. The maximum absolute atomic E-state index is 5.54. The van der Waals surface area contributed by atoms with Crippen LogP contribution in [-0.2, 0) is 6.54 Å². The van der Waals surface area contributed by atoms with Crippen molar-refractivity contribution >= 4 is 50.3 Å². The number of hydrogen-bond donors (Lipinski definition) is 1. The lowest BCUT2D eigenvalue weighted by molar-refractivity contribution is 0.901. The van der Waals surface area contributed by atoms with Crippen molar-refractivity contribution in [3.05, 3.63) is 44.7 Å². The first-order valence-corrected chi connectivity index (χ1v) is 7.34. The molecule has 2 N–H and O–H groups in total. The number of thiocarbonyl (C=S) groups is 1. The summed E-state index contributed by atoms with van der Waals surface area (Å²) >= 11 is 10.0. The Bertz CT molecular complexity index is 551. The van der Waals surface area contributed by atoms with Crippen molar-refractivity contribution in [3.8, 4) is 0 Å². The van der Waals surface area contributed by atoms with Crippen LogP contribution in [0.4, 0.5) is 5.82 Å². The molecule has 2 aromatic rings. The van der Waals surface area contributed by atoms with Gasteiger partial charge in [0.2, 0.25) is 0 Å². The minimum Gasteiger partial charge on any atom is -0.389 e. The highest BCUT2D eigenvalue weighted by atomic mass is 79.9. The van der Waals surface area contributed by atoms with Crippen LogP contribution < -0.4 is 10.6 Å². The fourth-order valence-electron chi connectivity index (χ4n) is 1.54. The molecule has 0 bridgehead atoms. The van der Waals surface area contributed by atoms with E-state index in [1.165, 1.54) is 5.56 Å². The highest BCUT2D eigenvalue weighted by Crippen LogP contribution is 2.22. The van der Waals surface area contributed by atoms with Gasteiger partial charge in [-0.3, -0.25) is 0 Å². The highest BCUT2D eigenvalue weighted by molar-refractivity contribution is 9.11. The van der Waals surface area contributed by atoms with Gasteiger partial charge in [0.15, 0.2) is 0 Å². The van der Waals surface area contributed by atoms with E-state index in [0.29, 0.717) is 4.99 Å². The van der Waals surface area contributed by atoms with E-state index in [4.69, 9.17) is 18.0 Å². The predicted molar refractivity (Wildman–Crippen MR) is 84.3 cm³/mol. The third-order valence-corrected chi connectivity index (χ3v) is 4.25. The van der Waals surface area contributed by atoms with E-state index in [9.17, 15) is 0 Å². The Balaban J connectivity index is 2.09. The number of nitrogens with two attached hydrogens (primary N) is 1. The second kappa shape index (κ2) is 5.77. The van der Waals surface area contributed by atoms with Gasteiger partial charge in [0.25, 0.3) is 0 Å². The molecule has 3 nitrogen and oxygen atoms in total. The zero-order valence-electron chi connectivity index (χ0n) is 9.76. The maximum atomic E-state index is 5.54. The third kappa shape index (κ3) is 3.28. The molecule has 2 heterocycles. The number of anilines is 1. The number of thiophene rings is 1. The van der Waals surface area contributed by atoms with Crippen molar-refractivity contribution in [3.63, 3.8) is 0 Å². The summed E-state index contributed by atoms with van der Waals surface area (Å²) in [6, 6.07) is 5.94. The zero-order chi connectivity index (χ0) is 13.1. The van der Waals surface area contributed by atoms with E-state index >= 15 is 0 Å². The van der Waals surface area contributed by atoms with Crippen molar-refractivity contribution in [1.29, 1.82) is 0 Å². The van der Waals surface area contributed by atoms with Crippen molar-refractivity contribution < 1.29 is 0 Å². The van der Waals surface area contributed by atoms with E-state index in [0.717, 1.165) is 21.7 Å². The zero-order valence-corrected chi connectivity index (χ0v) is 13.0. The van der Waals surface area contributed by atoms with Crippen LogP contribution in [0.2, 0.25) is 0 Å². The molecule has 6 heteroatoms. The second-order valence-electron chi connectivity index (χ2n) is 3.88. The summed E-state index contributed by atoms with van der Waals surface area (Å²) in [7, 11) is 2.01. The summed E-state index contributed by atoms with van der Waals surface area (Å²) in [5, 5.41) is 2.13. The molecule has 0 fully saturated rings. The molecule has 0 aliphatic carbocycles. The molecular formula is C12H12BrN3S2. The molecule has 0 atom stereocenters. The highest BCUT2D eigenvalue weighted by Gasteiger charge is 2.06. The van der Waals surface area contributed by atoms with Gasteiger partial charge in [-0.1, -0.05) is 12.2 Å². The Morgan fingerprint density at radius 1 is 1.56 bits per heavy atom. The molecule has 0 radical (unpaired) electrons. The van der Waals surface area contributed by atoms with Gasteiger partial charge in [-0.05, 0) is 45.1 Å². The lowest BCUT2D eigenvalue weighted by atomic mass is 10.2. The topological polar surface area (TPSA) is 42.1 Å². The van der Waals surface area contributed by atoms with Crippen LogP contribution >= 0.6 is 39.5 Å². The number of nitrogens with zero attached hydrogens (tertiary/aromatic N) is 2. The van der Waals surface area contributed by atoms with Gasteiger partial charge in [-0.2, -0.15) is 0 Å². The Hall–Kier alpha value is -0.980. The molecule has 0 saturated carbocycles. The van der Waals surface area contributed by atoms with Gasteiger partial charge in [0.1, 0.15) is 10.8 Å². The molecule has 18 heavy (non-hydrogen) atoms. The Kier molecular flexibility index (Phi) is 4.31. The van der Waals surface area contributed by atoms with Crippen LogP contribution in [0.25, 0.3) is 0 Å². The Morgan fingerprint density at radius 2 is 2.33 bits per heavy atom. The molecule has 0 aliphatic heterocycles. The normalized spacial score (nSPS) is 10.3. The van der Waals surface area contributed by atoms with Crippen LogP contribution in [-0.4, -0.2) is 17.0 Å². The van der Waals surface area contributed by atoms with Crippen LogP contribution in [0.3, 0.4) is 0 Å². The average molecular weight is 342 g/mol. The largest absolute Gasteiger partial charge is 0.389 e.